The van der Waals surface area contributed by atoms with Crippen molar-refractivity contribution in [1.29, 1.82) is 0 Å². The highest BCUT2D eigenvalue weighted by Gasteiger charge is 2.13. The minimum Gasteiger partial charge on any atom is -0.508 e. The van der Waals surface area contributed by atoms with Crippen LogP contribution < -0.4 is 5.32 Å². The minimum absolute atomic E-state index is 0.0625. The summed E-state index contributed by atoms with van der Waals surface area (Å²) in [5, 5.41) is 30.2. The third kappa shape index (κ3) is 3.11. The number of carbonyl (C=O) groups excluding carboxylic acids is 1. The number of aromatic carboxylic acids is 1. The Bertz CT molecular complexity index is 724. The van der Waals surface area contributed by atoms with E-state index in [4.69, 9.17) is 5.11 Å². The third-order valence-electron chi connectivity index (χ3n) is 2.94. The van der Waals surface area contributed by atoms with E-state index < -0.39 is 17.6 Å². The van der Waals surface area contributed by atoms with Gasteiger partial charge < -0.3 is 20.6 Å². The summed E-state index contributed by atoms with van der Waals surface area (Å²) in [7, 11) is 0. The number of rotatable bonds is 3. The van der Waals surface area contributed by atoms with Crippen molar-refractivity contribution in [3.63, 3.8) is 0 Å². The molecule has 0 saturated heterocycles. The molecule has 2 aromatic carbocycles. The lowest BCUT2D eigenvalue weighted by Crippen LogP contribution is -2.13. The Balaban J connectivity index is 2.23. The zero-order valence-electron chi connectivity index (χ0n) is 11.1. The molecular weight excluding hydrogens is 274 g/mol. The molecule has 0 unspecified atom stereocenters. The first kappa shape index (κ1) is 14.4. The van der Waals surface area contributed by atoms with Crippen LogP contribution in [0.3, 0.4) is 0 Å². The van der Waals surface area contributed by atoms with Crippen molar-refractivity contribution in [1.82, 2.24) is 0 Å². The summed E-state index contributed by atoms with van der Waals surface area (Å²) in [5.74, 6) is -2.04. The highest BCUT2D eigenvalue weighted by Crippen LogP contribution is 2.23. The summed E-state index contributed by atoms with van der Waals surface area (Å²) in [6, 6.07) is 8.09. The van der Waals surface area contributed by atoms with Crippen molar-refractivity contribution in [2.24, 2.45) is 0 Å². The number of carbonyl (C=O) groups is 2. The second kappa shape index (κ2) is 5.54. The van der Waals surface area contributed by atoms with Crippen LogP contribution in [0.1, 0.15) is 26.3 Å². The molecule has 2 rings (SSSR count). The van der Waals surface area contributed by atoms with Crippen molar-refractivity contribution < 1.29 is 24.9 Å². The van der Waals surface area contributed by atoms with E-state index in [1.54, 1.807) is 6.92 Å². The Labute approximate surface area is 120 Å². The molecule has 108 valence electrons. The van der Waals surface area contributed by atoms with Gasteiger partial charge in [0.2, 0.25) is 0 Å². The zero-order chi connectivity index (χ0) is 15.6. The molecule has 0 spiro atoms. The summed E-state index contributed by atoms with van der Waals surface area (Å²) >= 11 is 0. The highest BCUT2D eigenvalue weighted by atomic mass is 16.4. The van der Waals surface area contributed by atoms with Crippen LogP contribution in [0.4, 0.5) is 5.69 Å². The van der Waals surface area contributed by atoms with Crippen LogP contribution in [0.25, 0.3) is 0 Å². The van der Waals surface area contributed by atoms with Crippen LogP contribution in [0, 0.1) is 6.92 Å². The molecule has 21 heavy (non-hydrogen) atoms. The van der Waals surface area contributed by atoms with E-state index in [9.17, 15) is 19.8 Å². The normalized spacial score (nSPS) is 10.1. The molecule has 0 aromatic heterocycles. The molecule has 6 nitrogen and oxygen atoms in total. The van der Waals surface area contributed by atoms with Crippen LogP contribution in [0.5, 0.6) is 11.5 Å². The van der Waals surface area contributed by atoms with Gasteiger partial charge in [0.15, 0.2) is 0 Å². The minimum atomic E-state index is -1.25. The number of carboxylic acids is 1. The van der Waals surface area contributed by atoms with Gasteiger partial charge in [-0.2, -0.15) is 0 Å². The van der Waals surface area contributed by atoms with Gasteiger partial charge in [-0.1, -0.05) is 0 Å². The average Bonchev–Trinajstić information content (AvgIpc) is 2.37. The van der Waals surface area contributed by atoms with Gasteiger partial charge >= 0.3 is 5.97 Å². The molecule has 6 heteroatoms. The molecule has 2 aromatic rings. The maximum Gasteiger partial charge on any atom is 0.339 e. The molecule has 1 amide bonds. The third-order valence-corrected chi connectivity index (χ3v) is 2.94. The second-order valence-corrected chi connectivity index (χ2v) is 4.49. The molecule has 0 fully saturated rings. The molecule has 0 aliphatic heterocycles. The fourth-order valence-electron chi connectivity index (χ4n) is 1.89. The van der Waals surface area contributed by atoms with E-state index in [2.05, 4.69) is 5.32 Å². The van der Waals surface area contributed by atoms with Gasteiger partial charge in [0.1, 0.15) is 17.1 Å². The van der Waals surface area contributed by atoms with Crippen LogP contribution in [-0.2, 0) is 0 Å². The molecule has 0 bridgehead atoms. The summed E-state index contributed by atoms with van der Waals surface area (Å²) in [4.78, 5) is 22.9. The molecule has 0 atom stereocenters. The lowest BCUT2D eigenvalue weighted by molar-refractivity contribution is 0.0693. The zero-order valence-corrected chi connectivity index (χ0v) is 11.1. The van der Waals surface area contributed by atoms with Crippen LogP contribution in [0.15, 0.2) is 36.4 Å². The number of benzene rings is 2. The number of hydrogen-bond donors (Lipinski definition) is 4. The number of amides is 1. The van der Waals surface area contributed by atoms with Crippen molar-refractivity contribution >= 4 is 17.6 Å². The van der Waals surface area contributed by atoms with E-state index in [0.29, 0.717) is 11.1 Å². The first-order chi connectivity index (χ1) is 9.88. The van der Waals surface area contributed by atoms with E-state index in [1.807, 2.05) is 0 Å². The fraction of sp³-hybridized carbons (Fsp3) is 0.0667. The number of nitrogens with one attached hydrogen (secondary N) is 1. The highest BCUT2D eigenvalue weighted by molar-refractivity contribution is 6.05. The van der Waals surface area contributed by atoms with E-state index in [0.717, 1.165) is 6.07 Å². The number of carboxylic acid groups (broad SMARTS) is 1. The Morgan fingerprint density at radius 1 is 1.00 bits per heavy atom. The maximum absolute atomic E-state index is 12.1. The van der Waals surface area contributed by atoms with Crippen molar-refractivity contribution in [3.8, 4) is 11.5 Å². The molecule has 4 N–H and O–H groups in total. The van der Waals surface area contributed by atoms with E-state index in [1.165, 1.54) is 30.3 Å². The Kier molecular flexibility index (Phi) is 3.80. The Morgan fingerprint density at radius 2 is 1.67 bits per heavy atom. The number of phenols is 2. The number of hydrogen-bond acceptors (Lipinski definition) is 4. The Hall–Kier alpha value is -3.02. The monoisotopic (exact) mass is 287 g/mol. The quantitative estimate of drug-likeness (QED) is 0.693. The molecule has 0 radical (unpaired) electrons. The number of anilines is 1. The predicted octanol–water partition coefficient (Wildman–Crippen LogP) is 2.36. The van der Waals surface area contributed by atoms with Gasteiger partial charge in [-0.3, -0.25) is 4.79 Å². The SMILES string of the molecule is Cc1cc(O)ccc1C(=O)Nc1ccc(C(=O)O)c(O)c1. The Morgan fingerprint density at radius 3 is 2.24 bits per heavy atom. The molecular formula is C15H13NO5. The van der Waals surface area contributed by atoms with Gasteiger partial charge in [-0.15, -0.1) is 0 Å². The molecule has 0 aliphatic carbocycles. The van der Waals surface area contributed by atoms with Gasteiger partial charge in [0, 0.05) is 17.3 Å². The predicted molar refractivity (Wildman–Crippen MR) is 75.9 cm³/mol. The van der Waals surface area contributed by atoms with E-state index >= 15 is 0 Å². The lowest BCUT2D eigenvalue weighted by atomic mass is 10.1. The summed E-state index contributed by atoms with van der Waals surface area (Å²) in [6.07, 6.45) is 0. The molecule has 0 aliphatic rings. The van der Waals surface area contributed by atoms with Gasteiger partial charge in [-0.25, -0.2) is 4.79 Å². The van der Waals surface area contributed by atoms with Gasteiger partial charge in [0.25, 0.3) is 5.91 Å². The number of aryl methyl sites for hydroxylation is 1. The fourth-order valence-corrected chi connectivity index (χ4v) is 1.89. The van der Waals surface area contributed by atoms with Crippen LogP contribution in [-0.4, -0.2) is 27.2 Å². The summed E-state index contributed by atoms with van der Waals surface area (Å²) in [5.41, 5.74) is 0.997. The van der Waals surface area contributed by atoms with Crippen LogP contribution in [0.2, 0.25) is 0 Å². The lowest BCUT2D eigenvalue weighted by Gasteiger charge is -2.09. The van der Waals surface area contributed by atoms with Crippen molar-refractivity contribution in [3.05, 3.63) is 53.1 Å². The van der Waals surface area contributed by atoms with Crippen LogP contribution >= 0.6 is 0 Å². The van der Waals surface area contributed by atoms with E-state index in [-0.39, 0.29) is 17.0 Å². The average molecular weight is 287 g/mol. The maximum atomic E-state index is 12.1. The first-order valence-electron chi connectivity index (χ1n) is 6.06. The molecule has 0 heterocycles. The first-order valence-corrected chi connectivity index (χ1v) is 6.06. The van der Waals surface area contributed by atoms with Gasteiger partial charge in [-0.05, 0) is 42.8 Å². The number of aromatic hydroxyl groups is 2. The summed E-state index contributed by atoms with van der Waals surface area (Å²) in [6.45, 7) is 1.68. The van der Waals surface area contributed by atoms with Crippen molar-refractivity contribution in [2.45, 2.75) is 6.92 Å². The molecule has 0 saturated carbocycles. The number of phenolic OH excluding ortho intramolecular Hbond substituents is 1. The van der Waals surface area contributed by atoms with Gasteiger partial charge in [0.05, 0.1) is 0 Å². The van der Waals surface area contributed by atoms with Crippen molar-refractivity contribution in [2.75, 3.05) is 5.32 Å². The smallest absolute Gasteiger partial charge is 0.339 e. The topological polar surface area (TPSA) is 107 Å². The standard InChI is InChI=1S/C15H13NO5/c1-8-6-10(17)3-5-11(8)14(19)16-9-2-4-12(15(20)21)13(18)7-9/h2-7,17-18H,1H3,(H,16,19)(H,20,21). The second-order valence-electron chi connectivity index (χ2n) is 4.49. The summed E-state index contributed by atoms with van der Waals surface area (Å²) < 4.78 is 0. The largest absolute Gasteiger partial charge is 0.508 e.